The molecule has 2 N–H and O–H groups in total. The van der Waals surface area contributed by atoms with Gasteiger partial charge in [-0.1, -0.05) is 6.07 Å². The van der Waals surface area contributed by atoms with Gasteiger partial charge in [-0.25, -0.2) is 17.9 Å². The molecule has 1 amide bonds. The van der Waals surface area contributed by atoms with Crippen LogP contribution < -0.4 is 10.0 Å². The molecule has 1 aromatic carbocycles. The Labute approximate surface area is 171 Å². The summed E-state index contributed by atoms with van der Waals surface area (Å²) in [5.74, 6) is 1.12. The van der Waals surface area contributed by atoms with Crippen LogP contribution in [0, 0.1) is 17.8 Å². The average molecular weight is 421 g/mol. The molecular weight excluding hydrogens is 392 g/mol. The van der Waals surface area contributed by atoms with Gasteiger partial charge in [0.1, 0.15) is 0 Å². The van der Waals surface area contributed by atoms with Crippen molar-refractivity contribution in [1.82, 2.24) is 10.0 Å². The summed E-state index contributed by atoms with van der Waals surface area (Å²) < 4.78 is 31.4. The predicted molar refractivity (Wildman–Crippen MR) is 107 cm³/mol. The Morgan fingerprint density at radius 2 is 1.69 bits per heavy atom. The molecule has 0 heterocycles. The average Bonchev–Trinajstić information content (AvgIpc) is 2.66. The summed E-state index contributed by atoms with van der Waals surface area (Å²) in [5, 5.41) is 3.20. The van der Waals surface area contributed by atoms with Crippen LogP contribution in [0.25, 0.3) is 0 Å². The lowest BCUT2D eigenvalue weighted by molar-refractivity contribution is -0.134. The summed E-state index contributed by atoms with van der Waals surface area (Å²) in [6, 6.07) is 5.59. The molecule has 4 aliphatic carbocycles. The number of ether oxygens (including phenoxy) is 1. The fourth-order valence-corrected chi connectivity index (χ4v) is 6.59. The number of carbonyl (C=O) groups excluding carboxylic acids is 2. The van der Waals surface area contributed by atoms with E-state index in [4.69, 9.17) is 4.74 Å². The van der Waals surface area contributed by atoms with Gasteiger partial charge < -0.3 is 10.1 Å². The first-order chi connectivity index (χ1) is 13.7. The Morgan fingerprint density at radius 3 is 2.24 bits per heavy atom. The largest absolute Gasteiger partial charge is 0.449 e. The molecule has 5 rings (SSSR count). The highest BCUT2D eigenvalue weighted by Gasteiger charge is 2.51. The number of hydrogen-bond acceptors (Lipinski definition) is 5. The smallest absolute Gasteiger partial charge is 0.338 e. The van der Waals surface area contributed by atoms with Crippen LogP contribution >= 0.6 is 0 Å². The van der Waals surface area contributed by atoms with Gasteiger partial charge in [-0.05, 0) is 88.4 Å². The maximum Gasteiger partial charge on any atom is 0.338 e. The third-order valence-electron chi connectivity index (χ3n) is 6.73. The van der Waals surface area contributed by atoms with E-state index in [1.54, 1.807) is 6.92 Å². The SMILES string of the molecule is CNS(=O)(=O)c1cccc(C(=O)O[C@@H](C)C(=O)NC23CC4CC(CC(C4)C2)C3)c1. The van der Waals surface area contributed by atoms with Crippen LogP contribution in [0.3, 0.4) is 0 Å². The molecule has 1 aromatic rings. The molecule has 0 spiro atoms. The second-order valence-electron chi connectivity index (χ2n) is 8.97. The monoisotopic (exact) mass is 420 g/mol. The summed E-state index contributed by atoms with van der Waals surface area (Å²) in [4.78, 5) is 25.2. The first kappa shape index (κ1) is 20.3. The van der Waals surface area contributed by atoms with Crippen molar-refractivity contribution < 1.29 is 22.7 Å². The van der Waals surface area contributed by atoms with E-state index in [9.17, 15) is 18.0 Å². The van der Waals surface area contributed by atoms with Crippen LogP contribution in [0.2, 0.25) is 0 Å². The molecule has 8 heteroatoms. The van der Waals surface area contributed by atoms with Gasteiger partial charge in [0.25, 0.3) is 5.91 Å². The summed E-state index contributed by atoms with van der Waals surface area (Å²) in [6.45, 7) is 1.56. The first-order valence-electron chi connectivity index (χ1n) is 10.3. The lowest BCUT2D eigenvalue weighted by Crippen LogP contribution is -2.61. The van der Waals surface area contributed by atoms with E-state index in [1.165, 1.54) is 50.6 Å². The number of carbonyl (C=O) groups is 2. The summed E-state index contributed by atoms with van der Waals surface area (Å²) >= 11 is 0. The Kier molecular flexibility index (Phi) is 5.19. The van der Waals surface area contributed by atoms with Crippen LogP contribution in [-0.2, 0) is 19.6 Å². The Balaban J connectivity index is 1.40. The molecule has 29 heavy (non-hydrogen) atoms. The van der Waals surface area contributed by atoms with Gasteiger partial charge in [0.05, 0.1) is 10.5 Å². The van der Waals surface area contributed by atoms with Crippen LogP contribution in [0.1, 0.15) is 55.8 Å². The minimum atomic E-state index is -3.67. The van der Waals surface area contributed by atoms with Gasteiger partial charge in [0.15, 0.2) is 6.10 Å². The Bertz CT molecular complexity index is 891. The number of esters is 1. The van der Waals surface area contributed by atoms with Crippen molar-refractivity contribution in [2.45, 2.75) is 62.0 Å². The van der Waals surface area contributed by atoms with Gasteiger partial charge in [0, 0.05) is 5.54 Å². The molecule has 0 saturated heterocycles. The number of amides is 1. The van der Waals surface area contributed by atoms with Crippen molar-refractivity contribution >= 4 is 21.9 Å². The van der Waals surface area contributed by atoms with E-state index < -0.39 is 22.1 Å². The van der Waals surface area contributed by atoms with Crippen molar-refractivity contribution in [2.75, 3.05) is 7.05 Å². The fraction of sp³-hybridized carbons (Fsp3) is 0.619. The molecule has 4 bridgehead atoms. The highest BCUT2D eigenvalue weighted by Crippen LogP contribution is 2.55. The summed E-state index contributed by atoms with van der Waals surface area (Å²) in [5.41, 5.74) is -0.0522. The molecule has 1 atom stereocenters. The molecule has 0 radical (unpaired) electrons. The maximum atomic E-state index is 12.8. The third kappa shape index (κ3) is 4.05. The Morgan fingerprint density at radius 1 is 1.10 bits per heavy atom. The highest BCUT2D eigenvalue weighted by molar-refractivity contribution is 7.89. The van der Waals surface area contributed by atoms with Gasteiger partial charge in [0.2, 0.25) is 10.0 Å². The number of hydrogen-bond donors (Lipinski definition) is 2. The van der Waals surface area contributed by atoms with E-state index in [0.29, 0.717) is 17.8 Å². The molecule has 0 aliphatic heterocycles. The van der Waals surface area contributed by atoms with Crippen LogP contribution in [0.4, 0.5) is 0 Å². The summed E-state index contributed by atoms with van der Waals surface area (Å²) in [7, 11) is -2.36. The van der Waals surface area contributed by atoms with Gasteiger partial charge in [-0.2, -0.15) is 0 Å². The molecule has 158 valence electrons. The molecule has 7 nitrogen and oxygen atoms in total. The van der Waals surface area contributed by atoms with Crippen molar-refractivity contribution in [3.05, 3.63) is 29.8 Å². The predicted octanol–water partition coefficient (Wildman–Crippen LogP) is 2.22. The molecule has 4 aliphatic rings. The fourth-order valence-electron chi connectivity index (χ4n) is 5.82. The van der Waals surface area contributed by atoms with Crippen molar-refractivity contribution in [2.24, 2.45) is 17.8 Å². The standard InChI is InChI=1S/C21H28N2O5S/c1-13(28-20(25)17-4-3-5-18(9-17)29(26,27)22-2)19(24)23-21-10-14-6-15(11-21)8-16(7-14)12-21/h3-5,9,13-16,22H,6-8,10-12H2,1-2H3,(H,23,24)/t13-,14?,15?,16?,21?/m0/s1. The zero-order valence-electron chi connectivity index (χ0n) is 16.8. The molecule has 4 saturated carbocycles. The number of sulfonamides is 1. The number of benzene rings is 1. The van der Waals surface area contributed by atoms with Gasteiger partial charge in [-0.15, -0.1) is 0 Å². The van der Waals surface area contributed by atoms with Gasteiger partial charge >= 0.3 is 5.97 Å². The van der Waals surface area contributed by atoms with E-state index in [-0.39, 0.29) is 21.9 Å². The topological polar surface area (TPSA) is 102 Å². The van der Waals surface area contributed by atoms with Crippen molar-refractivity contribution in [3.63, 3.8) is 0 Å². The van der Waals surface area contributed by atoms with E-state index in [2.05, 4.69) is 10.0 Å². The second-order valence-corrected chi connectivity index (χ2v) is 10.9. The zero-order chi connectivity index (χ0) is 20.8. The second kappa shape index (κ2) is 7.40. The zero-order valence-corrected chi connectivity index (χ0v) is 17.6. The van der Waals surface area contributed by atoms with E-state index in [0.717, 1.165) is 19.3 Å². The number of nitrogens with one attached hydrogen (secondary N) is 2. The maximum absolute atomic E-state index is 12.8. The molecule has 0 aromatic heterocycles. The van der Waals surface area contributed by atoms with E-state index in [1.807, 2.05) is 0 Å². The van der Waals surface area contributed by atoms with Crippen LogP contribution in [0.5, 0.6) is 0 Å². The van der Waals surface area contributed by atoms with Crippen molar-refractivity contribution in [3.8, 4) is 0 Å². The van der Waals surface area contributed by atoms with Gasteiger partial charge in [-0.3, -0.25) is 4.79 Å². The molecule has 0 unspecified atom stereocenters. The molecular formula is C21H28N2O5S. The first-order valence-corrected chi connectivity index (χ1v) is 11.7. The lowest BCUT2D eigenvalue weighted by Gasteiger charge is -2.57. The highest BCUT2D eigenvalue weighted by atomic mass is 32.2. The minimum Gasteiger partial charge on any atom is -0.449 e. The van der Waals surface area contributed by atoms with Crippen LogP contribution in [-0.4, -0.2) is 39.0 Å². The Hall–Kier alpha value is -1.93. The quantitative estimate of drug-likeness (QED) is 0.687. The minimum absolute atomic E-state index is 0.0277. The normalized spacial score (nSPS) is 31.3. The third-order valence-corrected chi connectivity index (χ3v) is 8.14. The summed E-state index contributed by atoms with van der Waals surface area (Å²) in [6.07, 6.45) is 5.97. The van der Waals surface area contributed by atoms with Crippen LogP contribution in [0.15, 0.2) is 29.2 Å². The van der Waals surface area contributed by atoms with Crippen molar-refractivity contribution in [1.29, 1.82) is 0 Å². The molecule has 4 fully saturated rings. The number of rotatable bonds is 6. The lowest BCUT2D eigenvalue weighted by atomic mass is 9.53. The van der Waals surface area contributed by atoms with E-state index >= 15 is 0 Å².